The molecule has 6 rings (SSSR count). The zero-order valence-electron chi connectivity index (χ0n) is 22.6. The number of rotatable bonds is 7. The van der Waals surface area contributed by atoms with Gasteiger partial charge in [-0.25, -0.2) is 14.4 Å². The predicted molar refractivity (Wildman–Crippen MR) is 151 cm³/mol. The van der Waals surface area contributed by atoms with Gasteiger partial charge >= 0.3 is 0 Å². The van der Waals surface area contributed by atoms with Crippen molar-refractivity contribution in [2.75, 3.05) is 56.5 Å². The number of ether oxygens (including phenoxy) is 1. The third-order valence-electron chi connectivity index (χ3n) is 7.59. The maximum absolute atomic E-state index is 15.4. The van der Waals surface area contributed by atoms with Crippen molar-refractivity contribution in [3.8, 4) is 11.6 Å². The van der Waals surface area contributed by atoms with Crippen molar-refractivity contribution in [1.29, 1.82) is 0 Å². The largest absolute Gasteiger partial charge is 0.435 e. The van der Waals surface area contributed by atoms with E-state index in [2.05, 4.69) is 37.1 Å². The molecular weight excluding hydrogens is 513 g/mol. The Balaban J connectivity index is 1.34. The third-order valence-corrected chi connectivity index (χ3v) is 7.59. The summed E-state index contributed by atoms with van der Waals surface area (Å²) in [7, 11) is 2.11. The topological polar surface area (TPSA) is 110 Å². The van der Waals surface area contributed by atoms with E-state index in [1.807, 2.05) is 25.1 Å². The van der Waals surface area contributed by atoms with Gasteiger partial charge in [-0.1, -0.05) is 0 Å². The maximum Gasteiger partial charge on any atom is 0.263 e. The van der Waals surface area contributed by atoms with Gasteiger partial charge in [-0.05, 0) is 56.8 Å². The fourth-order valence-electron chi connectivity index (χ4n) is 5.10. The van der Waals surface area contributed by atoms with E-state index >= 15 is 4.39 Å². The van der Waals surface area contributed by atoms with Crippen LogP contribution in [0.5, 0.6) is 11.6 Å². The minimum absolute atomic E-state index is 0.0404. The van der Waals surface area contributed by atoms with Gasteiger partial charge in [0.1, 0.15) is 11.9 Å². The number of hydrogen-bond acceptors (Lipinski definition) is 8. The van der Waals surface area contributed by atoms with Gasteiger partial charge in [-0.15, -0.1) is 0 Å². The number of aliphatic hydroxyl groups excluding tert-OH is 1. The molecule has 0 atom stereocenters. The van der Waals surface area contributed by atoms with Crippen molar-refractivity contribution >= 4 is 34.0 Å². The van der Waals surface area contributed by atoms with Gasteiger partial charge < -0.3 is 34.8 Å². The maximum atomic E-state index is 15.4. The third kappa shape index (κ3) is 4.93. The highest BCUT2D eigenvalue weighted by Crippen LogP contribution is 2.35. The zero-order chi connectivity index (χ0) is 27.8. The molecule has 2 fully saturated rings. The van der Waals surface area contributed by atoms with Crippen LogP contribution in [0.3, 0.4) is 0 Å². The fraction of sp³-hybridized carbons (Fsp3) is 0.345. The van der Waals surface area contributed by atoms with Crippen LogP contribution in [-0.4, -0.2) is 82.1 Å². The molecule has 1 amide bonds. The number of fused-ring (bicyclic) bond motifs is 1. The van der Waals surface area contributed by atoms with Gasteiger partial charge in [0.2, 0.25) is 5.88 Å². The number of anilines is 3. The molecule has 3 N–H and O–H groups in total. The Morgan fingerprint density at radius 1 is 1.10 bits per heavy atom. The number of hydrogen-bond donors (Lipinski definition) is 3. The lowest BCUT2D eigenvalue weighted by molar-refractivity contribution is 0.0649. The van der Waals surface area contributed by atoms with E-state index in [0.29, 0.717) is 35.2 Å². The number of aryl methyl sites for hydroxylation is 1. The van der Waals surface area contributed by atoms with Gasteiger partial charge in [0.25, 0.3) is 5.91 Å². The number of likely N-dealkylation sites (tertiary alicyclic amines) is 1. The number of piperazine rings is 1. The average molecular weight is 546 g/mol. The second-order valence-corrected chi connectivity index (χ2v) is 10.4. The molecule has 2 aliphatic heterocycles. The van der Waals surface area contributed by atoms with Crippen molar-refractivity contribution in [3.63, 3.8) is 0 Å². The van der Waals surface area contributed by atoms with Crippen LogP contribution in [0.25, 0.3) is 10.9 Å². The van der Waals surface area contributed by atoms with Gasteiger partial charge in [0.15, 0.2) is 17.4 Å². The summed E-state index contributed by atoms with van der Waals surface area (Å²) in [6.45, 7) is 6.61. The summed E-state index contributed by atoms with van der Waals surface area (Å²) in [6, 6.07) is 10.8. The van der Waals surface area contributed by atoms with Crippen LogP contribution in [0.2, 0.25) is 0 Å². The molecule has 208 valence electrons. The number of amides is 1. The lowest BCUT2D eigenvalue weighted by atomic mass is 10.1. The summed E-state index contributed by atoms with van der Waals surface area (Å²) < 4.78 is 21.3. The Kier molecular flexibility index (Phi) is 6.99. The molecule has 4 aromatic rings. The zero-order valence-corrected chi connectivity index (χ0v) is 22.6. The number of benzene rings is 2. The van der Waals surface area contributed by atoms with E-state index in [0.717, 1.165) is 44.0 Å². The van der Waals surface area contributed by atoms with Gasteiger partial charge in [0.05, 0.1) is 6.61 Å². The predicted octanol–water partition coefficient (Wildman–Crippen LogP) is 4.03. The molecular formula is C29H32FN7O3. The molecule has 2 aliphatic rings. The molecule has 40 heavy (non-hydrogen) atoms. The molecule has 2 aromatic carbocycles. The molecule has 0 aliphatic carbocycles. The van der Waals surface area contributed by atoms with Crippen molar-refractivity contribution in [3.05, 3.63) is 65.4 Å². The highest BCUT2D eigenvalue weighted by atomic mass is 19.1. The van der Waals surface area contributed by atoms with E-state index in [9.17, 15) is 9.90 Å². The number of H-pyrrole nitrogens is 1. The molecule has 2 saturated heterocycles. The Morgan fingerprint density at radius 3 is 2.62 bits per heavy atom. The number of nitrogens with one attached hydrogen (secondary N) is 2. The number of carbonyl (C=O) groups excluding carboxylic acids is 1. The number of nitrogens with zero attached hydrogens (tertiary/aromatic N) is 5. The quantitative estimate of drug-likeness (QED) is 0.319. The fourth-order valence-corrected chi connectivity index (χ4v) is 5.10. The van der Waals surface area contributed by atoms with Gasteiger partial charge in [-0.3, -0.25) is 4.79 Å². The van der Waals surface area contributed by atoms with E-state index in [1.165, 1.54) is 12.4 Å². The Bertz CT molecular complexity index is 1560. The monoisotopic (exact) mass is 545 g/mol. The summed E-state index contributed by atoms with van der Waals surface area (Å²) in [6.07, 6.45) is 2.18. The first-order valence-electron chi connectivity index (χ1n) is 13.5. The summed E-state index contributed by atoms with van der Waals surface area (Å²) in [5.41, 5.74) is 3.89. The van der Waals surface area contributed by atoms with Crippen LogP contribution < -0.4 is 15.0 Å². The molecule has 0 saturated carbocycles. The minimum Gasteiger partial charge on any atom is -0.435 e. The lowest BCUT2D eigenvalue weighted by Crippen LogP contribution is -2.44. The van der Waals surface area contributed by atoms with Gasteiger partial charge in [0, 0.05) is 72.8 Å². The molecule has 10 nitrogen and oxygen atoms in total. The van der Waals surface area contributed by atoms with Crippen LogP contribution >= 0.6 is 0 Å². The summed E-state index contributed by atoms with van der Waals surface area (Å²) in [5.74, 6) is -0.703. The number of halogens is 1. The summed E-state index contributed by atoms with van der Waals surface area (Å²) in [5, 5.41) is 13.8. The standard InChI is InChI=1S/C29H32FN7O3/c1-18-14-21-23(33-18)6-7-24(26(21)30)40-28-25(29(39)37-8-3-9-37)27(31-17-32-28)34-22-5-4-20(15-19(22)16-38)36-12-10-35(2)11-13-36/h4-7,14-15,17,33,38H,3,8-13,16H2,1-2H3,(H,31,32,34). The van der Waals surface area contributed by atoms with Crippen molar-refractivity contribution < 1.29 is 19.0 Å². The van der Waals surface area contributed by atoms with E-state index in [4.69, 9.17) is 4.74 Å². The van der Waals surface area contributed by atoms with Crippen molar-refractivity contribution in [2.45, 2.75) is 20.0 Å². The molecule has 2 aromatic heterocycles. The number of aliphatic hydroxyl groups is 1. The van der Waals surface area contributed by atoms with E-state index in [1.54, 1.807) is 17.0 Å². The van der Waals surface area contributed by atoms with Crippen LogP contribution in [0.15, 0.2) is 42.7 Å². The highest BCUT2D eigenvalue weighted by molar-refractivity contribution is 6.02. The molecule has 0 spiro atoms. The highest BCUT2D eigenvalue weighted by Gasteiger charge is 2.30. The smallest absolute Gasteiger partial charge is 0.263 e. The van der Waals surface area contributed by atoms with Gasteiger partial charge in [-0.2, -0.15) is 0 Å². The normalized spacial score (nSPS) is 15.8. The number of likely N-dealkylation sites (N-methyl/N-ethyl adjacent to an activating group) is 1. The average Bonchev–Trinajstić information content (AvgIpc) is 3.31. The second-order valence-electron chi connectivity index (χ2n) is 10.4. The lowest BCUT2D eigenvalue weighted by Gasteiger charge is -2.34. The summed E-state index contributed by atoms with van der Waals surface area (Å²) in [4.78, 5) is 31.5. The first kappa shape index (κ1) is 26.0. The molecule has 4 heterocycles. The van der Waals surface area contributed by atoms with E-state index in [-0.39, 0.29) is 35.5 Å². The number of carbonyl (C=O) groups is 1. The van der Waals surface area contributed by atoms with Crippen LogP contribution in [0.4, 0.5) is 21.6 Å². The van der Waals surface area contributed by atoms with Crippen LogP contribution in [0.1, 0.15) is 28.0 Å². The van der Waals surface area contributed by atoms with E-state index < -0.39 is 5.82 Å². The van der Waals surface area contributed by atoms with Crippen molar-refractivity contribution in [1.82, 2.24) is 24.8 Å². The number of aromatic amines is 1. The van der Waals surface area contributed by atoms with Crippen molar-refractivity contribution in [2.24, 2.45) is 0 Å². The minimum atomic E-state index is -0.542. The summed E-state index contributed by atoms with van der Waals surface area (Å²) >= 11 is 0. The molecule has 0 bridgehead atoms. The number of aromatic nitrogens is 3. The molecule has 11 heteroatoms. The Hall–Kier alpha value is -4.22. The Morgan fingerprint density at radius 2 is 1.90 bits per heavy atom. The Labute approximate surface area is 231 Å². The first-order valence-corrected chi connectivity index (χ1v) is 13.5. The van der Waals surface area contributed by atoms with Crippen LogP contribution in [-0.2, 0) is 6.61 Å². The molecule has 0 unspecified atom stereocenters. The second kappa shape index (κ2) is 10.7. The molecule has 0 radical (unpaired) electrons. The SMILES string of the molecule is Cc1cc2c(F)c(Oc3ncnc(Nc4ccc(N5CCN(C)CC5)cc4CO)c3C(=O)N3CCC3)ccc2[nH]1. The first-order chi connectivity index (χ1) is 19.4. The van der Waals surface area contributed by atoms with Crippen LogP contribution in [0, 0.1) is 12.7 Å².